The predicted octanol–water partition coefficient (Wildman–Crippen LogP) is 5.52. The number of amides is 4. The van der Waals surface area contributed by atoms with Gasteiger partial charge in [-0.2, -0.15) is 0 Å². The fourth-order valence-electron chi connectivity index (χ4n) is 6.34. The van der Waals surface area contributed by atoms with Crippen LogP contribution in [0, 0.1) is 5.92 Å². The van der Waals surface area contributed by atoms with E-state index >= 15 is 0 Å². The second-order valence-electron chi connectivity index (χ2n) is 12.2. The van der Waals surface area contributed by atoms with E-state index in [1.54, 1.807) is 0 Å². The van der Waals surface area contributed by atoms with Crippen molar-refractivity contribution in [3.05, 3.63) is 55.3 Å². The lowest BCUT2D eigenvalue weighted by Crippen LogP contribution is -2.57. The van der Waals surface area contributed by atoms with Gasteiger partial charge in [-0.05, 0) is 74.0 Å². The number of hydrogen-bond acceptors (Lipinski definition) is 6. The van der Waals surface area contributed by atoms with Gasteiger partial charge in [0.15, 0.2) is 0 Å². The number of aromatic nitrogens is 2. The Morgan fingerprint density at radius 2 is 1.23 bits per heavy atom. The predicted molar refractivity (Wildman–Crippen MR) is 170 cm³/mol. The van der Waals surface area contributed by atoms with E-state index < -0.39 is 29.1 Å². The number of nitrogens with zero attached hydrogens (tertiary/aromatic N) is 4. The maximum Gasteiger partial charge on any atom is 0.333 e. The van der Waals surface area contributed by atoms with Crippen molar-refractivity contribution < 1.29 is 19.5 Å². The molecule has 0 saturated carbocycles. The summed E-state index contributed by atoms with van der Waals surface area (Å²) < 4.78 is 2.56. The zero-order valence-corrected chi connectivity index (χ0v) is 26.8. The molecule has 0 spiro atoms. The van der Waals surface area contributed by atoms with Crippen LogP contribution in [-0.4, -0.2) is 55.0 Å². The fraction of sp³-hybridized carbons (Fsp3) is 0.618. The lowest BCUT2D eigenvalue weighted by Gasteiger charge is -2.36. The van der Waals surface area contributed by atoms with Crippen molar-refractivity contribution in [3.63, 3.8) is 0 Å². The van der Waals surface area contributed by atoms with Gasteiger partial charge in [-0.1, -0.05) is 65.5 Å². The summed E-state index contributed by atoms with van der Waals surface area (Å²) in [4.78, 5) is 69.7. The smallest absolute Gasteiger partial charge is 0.333 e. The molecule has 2 aliphatic carbocycles. The number of allylic oxidation sites excluding steroid dienone is 5. The van der Waals surface area contributed by atoms with Crippen LogP contribution in [0.5, 0.6) is 5.88 Å². The Balaban J connectivity index is 1.82. The van der Waals surface area contributed by atoms with Gasteiger partial charge in [-0.25, -0.2) is 9.59 Å². The van der Waals surface area contributed by atoms with Gasteiger partial charge in [-0.15, -0.1) is 0 Å². The molecule has 0 aromatic carbocycles. The lowest BCUT2D eigenvalue weighted by atomic mass is 9.75. The molecular formula is C34H48N4O6. The van der Waals surface area contributed by atoms with Crippen molar-refractivity contribution in [2.45, 2.75) is 118 Å². The third-order valence-corrected chi connectivity index (χ3v) is 9.04. The van der Waals surface area contributed by atoms with E-state index in [1.165, 1.54) is 18.9 Å². The summed E-state index contributed by atoms with van der Waals surface area (Å²) in [6.45, 7) is 9.12. The number of urea groups is 1. The molecule has 4 rings (SSSR count). The normalized spacial score (nSPS) is 19.0. The van der Waals surface area contributed by atoms with E-state index in [2.05, 4.69) is 0 Å². The topological polar surface area (TPSA) is 122 Å². The second kappa shape index (κ2) is 14.9. The first-order valence-electron chi connectivity index (χ1n) is 16.6. The number of unbranched alkanes of at least 4 members (excludes halogenated alkanes) is 4. The van der Waals surface area contributed by atoms with Gasteiger partial charge in [0.25, 0.3) is 17.4 Å². The Hall–Kier alpha value is -3.69. The summed E-state index contributed by atoms with van der Waals surface area (Å²) >= 11 is 0. The fourth-order valence-corrected chi connectivity index (χ4v) is 6.34. The molecule has 44 heavy (non-hydrogen) atoms. The molecule has 1 unspecified atom stereocenters. The highest BCUT2D eigenvalue weighted by molar-refractivity contribution is 6.29. The molecule has 4 amide bonds. The highest BCUT2D eigenvalue weighted by Gasteiger charge is 2.43. The highest BCUT2D eigenvalue weighted by atomic mass is 16.3. The van der Waals surface area contributed by atoms with Crippen molar-refractivity contribution in [2.24, 2.45) is 5.92 Å². The van der Waals surface area contributed by atoms with Crippen molar-refractivity contribution in [1.29, 1.82) is 0 Å². The SMILES string of the molecule is CCCCN1C(=O)C(=C2C=C3C=C(c4c(O)n(CCCC)c(=O)n(CCCC)c4=O)CCC3CC2)C(=O)N(CCCC)C1=O. The highest BCUT2D eigenvalue weighted by Crippen LogP contribution is 2.42. The van der Waals surface area contributed by atoms with Gasteiger partial charge in [0.05, 0.1) is 0 Å². The molecule has 1 aliphatic heterocycles. The van der Waals surface area contributed by atoms with Crippen LogP contribution in [0.1, 0.15) is 110 Å². The number of carbonyl (C=O) groups is 3. The zero-order chi connectivity index (χ0) is 32.0. The third kappa shape index (κ3) is 6.54. The molecule has 1 saturated heterocycles. The molecule has 240 valence electrons. The molecule has 10 nitrogen and oxygen atoms in total. The number of carbonyl (C=O) groups excluding carboxylic acids is 3. The third-order valence-electron chi connectivity index (χ3n) is 9.04. The molecule has 10 heteroatoms. The van der Waals surface area contributed by atoms with Crippen LogP contribution in [0.2, 0.25) is 0 Å². The Bertz CT molecular complexity index is 1460. The number of barbiturate groups is 1. The van der Waals surface area contributed by atoms with Gasteiger partial charge in [0.1, 0.15) is 11.1 Å². The van der Waals surface area contributed by atoms with Crippen LogP contribution >= 0.6 is 0 Å². The van der Waals surface area contributed by atoms with Crippen molar-refractivity contribution in [2.75, 3.05) is 13.1 Å². The summed E-state index contributed by atoms with van der Waals surface area (Å²) in [6, 6.07) is -0.541. The molecule has 3 aliphatic rings. The molecular weight excluding hydrogens is 560 g/mol. The largest absolute Gasteiger partial charge is 0.494 e. The zero-order valence-electron chi connectivity index (χ0n) is 26.8. The quantitative estimate of drug-likeness (QED) is 0.233. The summed E-state index contributed by atoms with van der Waals surface area (Å²) in [5, 5.41) is 11.3. The molecule has 2 heterocycles. The van der Waals surface area contributed by atoms with Crippen molar-refractivity contribution in [3.8, 4) is 5.88 Å². The maximum absolute atomic E-state index is 13.7. The average Bonchev–Trinajstić information content (AvgIpc) is 3.01. The second-order valence-corrected chi connectivity index (χ2v) is 12.2. The lowest BCUT2D eigenvalue weighted by molar-refractivity contribution is -0.136. The van der Waals surface area contributed by atoms with Crippen LogP contribution < -0.4 is 11.2 Å². The van der Waals surface area contributed by atoms with Crippen LogP contribution in [0.25, 0.3) is 5.57 Å². The summed E-state index contributed by atoms with van der Waals surface area (Å²) in [7, 11) is 0. The number of aromatic hydroxyl groups is 1. The Morgan fingerprint density at radius 3 is 1.80 bits per heavy atom. The Labute approximate surface area is 259 Å². The summed E-state index contributed by atoms with van der Waals surface area (Å²) in [5.41, 5.74) is 1.40. The first-order chi connectivity index (χ1) is 21.2. The van der Waals surface area contributed by atoms with E-state index in [9.17, 15) is 29.1 Å². The average molecular weight is 609 g/mol. The monoisotopic (exact) mass is 608 g/mol. The number of hydrogen-bond donors (Lipinski definition) is 1. The number of rotatable bonds is 13. The first kappa shape index (κ1) is 33.2. The molecule has 1 atom stereocenters. The number of imide groups is 2. The molecule has 1 aromatic heterocycles. The van der Waals surface area contributed by atoms with Gasteiger partial charge >= 0.3 is 11.7 Å². The minimum atomic E-state index is -0.541. The maximum atomic E-state index is 13.7. The van der Waals surface area contributed by atoms with Crippen LogP contribution in [0.15, 0.2) is 38.5 Å². The van der Waals surface area contributed by atoms with E-state index in [0.29, 0.717) is 56.2 Å². The van der Waals surface area contributed by atoms with Crippen LogP contribution in [-0.2, 0) is 22.7 Å². The molecule has 0 bridgehead atoms. The van der Waals surface area contributed by atoms with E-state index in [4.69, 9.17) is 0 Å². The molecule has 0 radical (unpaired) electrons. The molecule has 1 aromatic rings. The van der Waals surface area contributed by atoms with Gasteiger partial charge in [0, 0.05) is 26.2 Å². The molecule has 1 N–H and O–H groups in total. The van der Waals surface area contributed by atoms with E-state index in [1.807, 2.05) is 39.8 Å². The minimum Gasteiger partial charge on any atom is -0.494 e. The van der Waals surface area contributed by atoms with E-state index in [0.717, 1.165) is 44.1 Å². The standard InChI is InChI=1S/C34H48N4O6/c1-5-9-17-35-29(39)27(30(40)36(33(35)43)18-10-6-2)24-15-13-23-14-16-25(22-26(23)21-24)28-31(41)37(19-11-7-3)34(44)38(32(28)42)20-12-8-4/h21-23,39H,5-20H2,1-4H3. The van der Waals surface area contributed by atoms with Gasteiger partial charge in [-0.3, -0.25) is 33.3 Å². The summed E-state index contributed by atoms with van der Waals surface area (Å²) in [6.07, 6.45) is 12.3. The van der Waals surface area contributed by atoms with Gasteiger partial charge in [0.2, 0.25) is 5.88 Å². The van der Waals surface area contributed by atoms with Gasteiger partial charge < -0.3 is 5.11 Å². The van der Waals surface area contributed by atoms with Crippen LogP contribution in [0.4, 0.5) is 4.79 Å². The van der Waals surface area contributed by atoms with Crippen LogP contribution in [0.3, 0.4) is 0 Å². The minimum absolute atomic E-state index is 0.0566. The van der Waals surface area contributed by atoms with Crippen molar-refractivity contribution >= 4 is 23.4 Å². The van der Waals surface area contributed by atoms with E-state index in [-0.39, 0.29) is 42.6 Å². The first-order valence-corrected chi connectivity index (χ1v) is 16.6. The Kier molecular flexibility index (Phi) is 11.2. The molecule has 1 fully saturated rings. The van der Waals surface area contributed by atoms with Crippen molar-refractivity contribution in [1.82, 2.24) is 18.9 Å². The number of fused-ring (bicyclic) bond motifs is 1. The summed E-state index contributed by atoms with van der Waals surface area (Å²) in [5.74, 6) is -1.19. The Morgan fingerprint density at radius 1 is 0.705 bits per heavy atom.